The summed E-state index contributed by atoms with van der Waals surface area (Å²) in [5.41, 5.74) is -0.390. The number of aromatic nitrogens is 2. The molecule has 0 saturated heterocycles. The number of nitrogens with zero attached hydrogens (tertiary/aromatic N) is 3. The lowest BCUT2D eigenvalue weighted by Crippen LogP contribution is -2.07. The number of nitro benzene ring substituents is 1. The van der Waals surface area contributed by atoms with Gasteiger partial charge in [0.25, 0.3) is 0 Å². The number of sulfone groups is 1. The van der Waals surface area contributed by atoms with Crippen LogP contribution in [0.2, 0.25) is 0 Å². The van der Waals surface area contributed by atoms with Gasteiger partial charge in [-0.3, -0.25) is 10.1 Å². The third kappa shape index (κ3) is 2.66. The molecule has 100 valence electrons. The van der Waals surface area contributed by atoms with E-state index >= 15 is 0 Å². The van der Waals surface area contributed by atoms with Crippen LogP contribution >= 0.6 is 15.9 Å². The molecule has 19 heavy (non-hydrogen) atoms. The molecule has 0 aliphatic rings. The summed E-state index contributed by atoms with van der Waals surface area (Å²) >= 11 is 3.18. The monoisotopic (exact) mass is 345 g/mol. The summed E-state index contributed by atoms with van der Waals surface area (Å²) in [5, 5.41) is 15.1. The van der Waals surface area contributed by atoms with Crippen molar-refractivity contribution in [3.63, 3.8) is 0 Å². The molecule has 2 rings (SSSR count). The summed E-state index contributed by atoms with van der Waals surface area (Å²) < 4.78 is 25.1. The normalized spacial score (nSPS) is 11.5. The molecule has 0 aliphatic carbocycles. The molecule has 0 amide bonds. The van der Waals surface area contributed by atoms with Crippen LogP contribution in [-0.4, -0.2) is 29.4 Å². The van der Waals surface area contributed by atoms with Crippen LogP contribution in [0.25, 0.3) is 5.69 Å². The van der Waals surface area contributed by atoms with E-state index in [2.05, 4.69) is 21.0 Å². The second kappa shape index (κ2) is 4.74. The Balaban J connectivity index is 2.79. The third-order valence-corrected chi connectivity index (χ3v) is 3.90. The number of hydrogen-bond donors (Lipinski definition) is 0. The van der Waals surface area contributed by atoms with E-state index in [1.54, 1.807) is 0 Å². The molecular formula is C10H8BrN3O4S. The SMILES string of the molecule is CS(=O)(=O)c1cccc(-n2cc(Br)cn2)c1[N+](=O)[O-]. The van der Waals surface area contributed by atoms with Gasteiger partial charge in [-0.1, -0.05) is 6.07 Å². The van der Waals surface area contributed by atoms with Gasteiger partial charge in [0.15, 0.2) is 9.84 Å². The molecule has 0 saturated carbocycles. The molecule has 0 N–H and O–H groups in total. The van der Waals surface area contributed by atoms with Gasteiger partial charge in [0.2, 0.25) is 0 Å². The van der Waals surface area contributed by atoms with E-state index in [-0.39, 0.29) is 10.6 Å². The van der Waals surface area contributed by atoms with Gasteiger partial charge in [-0.25, -0.2) is 13.1 Å². The highest BCUT2D eigenvalue weighted by molar-refractivity contribution is 9.10. The van der Waals surface area contributed by atoms with Gasteiger partial charge < -0.3 is 0 Å². The quantitative estimate of drug-likeness (QED) is 0.625. The maximum Gasteiger partial charge on any atom is 0.313 e. The van der Waals surface area contributed by atoms with Crippen LogP contribution < -0.4 is 0 Å². The number of rotatable bonds is 3. The van der Waals surface area contributed by atoms with Crippen LogP contribution in [0, 0.1) is 10.1 Å². The lowest BCUT2D eigenvalue weighted by Gasteiger charge is -2.06. The zero-order chi connectivity index (χ0) is 14.2. The van der Waals surface area contributed by atoms with Crippen molar-refractivity contribution in [1.29, 1.82) is 0 Å². The maximum absolute atomic E-state index is 11.6. The largest absolute Gasteiger partial charge is 0.313 e. The molecule has 0 aliphatic heterocycles. The summed E-state index contributed by atoms with van der Waals surface area (Å²) in [6, 6.07) is 4.08. The first kappa shape index (κ1) is 13.7. The molecule has 2 aromatic rings. The van der Waals surface area contributed by atoms with Gasteiger partial charge in [-0.05, 0) is 28.1 Å². The Hall–Kier alpha value is -1.74. The van der Waals surface area contributed by atoms with Crippen molar-refractivity contribution in [3.05, 3.63) is 45.2 Å². The Labute approximate surface area is 117 Å². The molecule has 0 fully saturated rings. The zero-order valence-corrected chi connectivity index (χ0v) is 12.1. The molecule has 9 heteroatoms. The van der Waals surface area contributed by atoms with Gasteiger partial charge in [0.05, 0.1) is 15.6 Å². The number of para-hydroxylation sites is 1. The molecule has 1 aromatic carbocycles. The number of nitro groups is 1. The Morgan fingerprint density at radius 2 is 2.11 bits per heavy atom. The van der Waals surface area contributed by atoms with Gasteiger partial charge in [-0.2, -0.15) is 5.10 Å². The average Bonchev–Trinajstić information content (AvgIpc) is 2.73. The fraction of sp³-hybridized carbons (Fsp3) is 0.100. The van der Waals surface area contributed by atoms with Crippen molar-refractivity contribution in [1.82, 2.24) is 9.78 Å². The van der Waals surface area contributed by atoms with Crippen molar-refractivity contribution in [3.8, 4) is 5.69 Å². The number of halogens is 1. The van der Waals surface area contributed by atoms with E-state index in [0.29, 0.717) is 4.47 Å². The Morgan fingerprint density at radius 3 is 2.58 bits per heavy atom. The Morgan fingerprint density at radius 1 is 1.42 bits per heavy atom. The van der Waals surface area contributed by atoms with Crippen molar-refractivity contribution < 1.29 is 13.3 Å². The van der Waals surface area contributed by atoms with E-state index in [1.807, 2.05) is 0 Å². The van der Waals surface area contributed by atoms with Crippen LogP contribution in [0.5, 0.6) is 0 Å². The highest BCUT2D eigenvalue weighted by Crippen LogP contribution is 2.30. The predicted octanol–water partition coefficient (Wildman–Crippen LogP) is 1.95. The van der Waals surface area contributed by atoms with Gasteiger partial charge in [-0.15, -0.1) is 0 Å². The fourth-order valence-corrected chi connectivity index (χ4v) is 2.75. The summed E-state index contributed by atoms with van der Waals surface area (Å²) in [5.74, 6) is 0. The average molecular weight is 346 g/mol. The van der Waals surface area contributed by atoms with Crippen molar-refractivity contribution in [2.24, 2.45) is 0 Å². The summed E-state index contributed by atoms with van der Waals surface area (Å²) in [4.78, 5) is 10.1. The van der Waals surface area contributed by atoms with Crippen LogP contribution in [0.3, 0.4) is 0 Å². The minimum atomic E-state index is -3.70. The van der Waals surface area contributed by atoms with Crippen molar-refractivity contribution >= 4 is 31.5 Å². The maximum atomic E-state index is 11.6. The van der Waals surface area contributed by atoms with E-state index in [1.165, 1.54) is 35.3 Å². The predicted molar refractivity (Wildman–Crippen MR) is 71.0 cm³/mol. The first-order valence-electron chi connectivity index (χ1n) is 4.98. The van der Waals surface area contributed by atoms with E-state index in [4.69, 9.17) is 0 Å². The topological polar surface area (TPSA) is 95.1 Å². The minimum Gasteiger partial charge on any atom is -0.258 e. The second-order valence-electron chi connectivity index (χ2n) is 3.76. The Kier molecular flexibility index (Phi) is 3.42. The van der Waals surface area contributed by atoms with Crippen LogP contribution in [0.1, 0.15) is 0 Å². The highest BCUT2D eigenvalue weighted by Gasteiger charge is 2.27. The van der Waals surface area contributed by atoms with Crippen LogP contribution in [0.15, 0.2) is 40.0 Å². The molecule has 0 radical (unpaired) electrons. The summed E-state index contributed by atoms with van der Waals surface area (Å²) in [6.45, 7) is 0. The lowest BCUT2D eigenvalue weighted by atomic mass is 10.2. The number of hydrogen-bond acceptors (Lipinski definition) is 5. The first-order valence-corrected chi connectivity index (χ1v) is 7.67. The molecule has 0 bridgehead atoms. The standard InChI is InChI=1S/C10H8BrN3O4S/c1-19(17,18)9-4-2-3-8(10(9)14(15)16)13-6-7(11)5-12-13/h2-6H,1H3. The molecular weight excluding hydrogens is 338 g/mol. The molecule has 1 heterocycles. The van der Waals surface area contributed by atoms with E-state index in [0.717, 1.165) is 6.26 Å². The van der Waals surface area contributed by atoms with Gasteiger partial charge in [0.1, 0.15) is 10.6 Å². The number of benzene rings is 1. The molecule has 0 unspecified atom stereocenters. The smallest absolute Gasteiger partial charge is 0.258 e. The highest BCUT2D eigenvalue weighted by atomic mass is 79.9. The summed E-state index contributed by atoms with van der Waals surface area (Å²) in [7, 11) is -3.70. The van der Waals surface area contributed by atoms with Crippen molar-refractivity contribution in [2.45, 2.75) is 4.90 Å². The van der Waals surface area contributed by atoms with E-state index in [9.17, 15) is 18.5 Å². The minimum absolute atomic E-state index is 0.0959. The molecule has 7 nitrogen and oxygen atoms in total. The van der Waals surface area contributed by atoms with E-state index < -0.39 is 20.4 Å². The Bertz CT molecular complexity index is 754. The van der Waals surface area contributed by atoms with Gasteiger partial charge in [0, 0.05) is 12.5 Å². The molecule has 1 aromatic heterocycles. The van der Waals surface area contributed by atoms with Gasteiger partial charge >= 0.3 is 5.69 Å². The molecule has 0 spiro atoms. The van der Waals surface area contributed by atoms with Crippen LogP contribution in [-0.2, 0) is 9.84 Å². The van der Waals surface area contributed by atoms with Crippen molar-refractivity contribution in [2.75, 3.05) is 6.26 Å². The van der Waals surface area contributed by atoms with Crippen LogP contribution in [0.4, 0.5) is 5.69 Å². The first-order chi connectivity index (χ1) is 8.80. The molecule has 0 atom stereocenters. The summed E-state index contributed by atoms with van der Waals surface area (Å²) in [6.07, 6.45) is 3.89. The third-order valence-electron chi connectivity index (χ3n) is 2.36. The lowest BCUT2D eigenvalue weighted by molar-refractivity contribution is -0.387. The second-order valence-corrected chi connectivity index (χ2v) is 6.66. The zero-order valence-electron chi connectivity index (χ0n) is 9.65. The fourth-order valence-electron chi connectivity index (χ4n) is 1.61.